The van der Waals surface area contributed by atoms with Gasteiger partial charge in [0.05, 0.1) is 0 Å². The highest BCUT2D eigenvalue weighted by atomic mass is 35.5. The van der Waals surface area contributed by atoms with Crippen LogP contribution in [0.15, 0.2) is 18.2 Å². The van der Waals surface area contributed by atoms with Crippen molar-refractivity contribution in [3.05, 3.63) is 29.6 Å². The molecule has 0 aliphatic carbocycles. The SMILES string of the molecule is CCCC[C@@H](c1ccc(O)c(F)c1)N1CCNCC1.Cl. The van der Waals surface area contributed by atoms with E-state index >= 15 is 0 Å². The number of nitrogens with one attached hydrogen (secondary N) is 1. The maximum absolute atomic E-state index is 13.5. The molecule has 1 aliphatic rings. The van der Waals surface area contributed by atoms with Crippen molar-refractivity contribution in [2.45, 2.75) is 32.2 Å². The molecular formula is C15H24ClFN2O. The Morgan fingerprint density at radius 3 is 2.65 bits per heavy atom. The summed E-state index contributed by atoms with van der Waals surface area (Å²) in [6.07, 6.45) is 3.32. The fourth-order valence-electron chi connectivity index (χ4n) is 2.68. The first-order valence-electron chi connectivity index (χ1n) is 7.15. The fourth-order valence-corrected chi connectivity index (χ4v) is 2.68. The minimum absolute atomic E-state index is 0. The first-order chi connectivity index (χ1) is 9.22. The molecule has 114 valence electrons. The summed E-state index contributed by atoms with van der Waals surface area (Å²) in [5.74, 6) is -0.785. The third kappa shape index (κ3) is 4.33. The van der Waals surface area contributed by atoms with Crippen LogP contribution < -0.4 is 5.32 Å². The average Bonchev–Trinajstić information content (AvgIpc) is 2.44. The van der Waals surface area contributed by atoms with Crippen molar-refractivity contribution < 1.29 is 9.50 Å². The van der Waals surface area contributed by atoms with Gasteiger partial charge in [0.25, 0.3) is 0 Å². The summed E-state index contributed by atoms with van der Waals surface area (Å²) in [5, 5.41) is 12.7. The standard InChI is InChI=1S/C15H23FN2O.ClH/c1-2-3-4-14(18-9-7-17-8-10-18)12-5-6-15(19)13(16)11-12;/h5-6,11,14,17,19H,2-4,7-10H2,1H3;1H/t14-;/m0./s1. The van der Waals surface area contributed by atoms with E-state index in [2.05, 4.69) is 17.1 Å². The highest BCUT2D eigenvalue weighted by Gasteiger charge is 2.22. The maximum Gasteiger partial charge on any atom is 0.165 e. The Balaban J connectivity index is 0.00000200. The predicted octanol–water partition coefficient (Wildman–Crippen LogP) is 3.09. The normalized spacial score (nSPS) is 17.5. The Bertz CT molecular complexity index is 411. The van der Waals surface area contributed by atoms with Crippen molar-refractivity contribution in [1.29, 1.82) is 0 Å². The highest BCUT2D eigenvalue weighted by molar-refractivity contribution is 5.85. The van der Waals surface area contributed by atoms with Gasteiger partial charge in [0.1, 0.15) is 0 Å². The zero-order valence-corrected chi connectivity index (χ0v) is 12.8. The third-order valence-electron chi connectivity index (χ3n) is 3.78. The lowest BCUT2D eigenvalue weighted by atomic mass is 9.98. The molecule has 2 N–H and O–H groups in total. The van der Waals surface area contributed by atoms with Crippen molar-refractivity contribution in [3.8, 4) is 5.75 Å². The van der Waals surface area contributed by atoms with E-state index in [-0.39, 0.29) is 24.2 Å². The molecule has 1 saturated heterocycles. The summed E-state index contributed by atoms with van der Waals surface area (Å²) in [7, 11) is 0. The van der Waals surface area contributed by atoms with E-state index in [0.29, 0.717) is 0 Å². The molecule has 1 aliphatic heterocycles. The van der Waals surface area contributed by atoms with Crippen LogP contribution in [0.1, 0.15) is 37.8 Å². The molecule has 1 atom stereocenters. The van der Waals surface area contributed by atoms with Crippen molar-refractivity contribution in [2.24, 2.45) is 0 Å². The van der Waals surface area contributed by atoms with Crippen LogP contribution in [0.4, 0.5) is 4.39 Å². The predicted molar refractivity (Wildman–Crippen MR) is 82.0 cm³/mol. The fraction of sp³-hybridized carbons (Fsp3) is 0.600. The van der Waals surface area contributed by atoms with Gasteiger partial charge in [-0.25, -0.2) is 4.39 Å². The first kappa shape index (κ1) is 17.2. The summed E-state index contributed by atoms with van der Waals surface area (Å²) in [4.78, 5) is 2.41. The largest absolute Gasteiger partial charge is 0.505 e. The van der Waals surface area contributed by atoms with Gasteiger partial charge in [0.15, 0.2) is 11.6 Å². The van der Waals surface area contributed by atoms with Crippen LogP contribution in [-0.4, -0.2) is 36.2 Å². The highest BCUT2D eigenvalue weighted by Crippen LogP contribution is 2.29. The Hall–Kier alpha value is -0.840. The van der Waals surface area contributed by atoms with Gasteiger partial charge < -0.3 is 10.4 Å². The molecule has 5 heteroatoms. The number of benzene rings is 1. The number of nitrogens with zero attached hydrogens (tertiary/aromatic N) is 1. The molecule has 3 nitrogen and oxygen atoms in total. The molecule has 1 aromatic rings. The van der Waals surface area contributed by atoms with Crippen LogP contribution in [0.25, 0.3) is 0 Å². The number of unbranched alkanes of at least 4 members (excludes halogenated alkanes) is 1. The van der Waals surface area contributed by atoms with Crippen LogP contribution in [0.5, 0.6) is 5.75 Å². The van der Waals surface area contributed by atoms with Crippen LogP contribution in [0.2, 0.25) is 0 Å². The Kier molecular flexibility index (Phi) is 7.27. The lowest BCUT2D eigenvalue weighted by molar-refractivity contribution is 0.163. The Labute approximate surface area is 126 Å². The van der Waals surface area contributed by atoms with E-state index in [4.69, 9.17) is 0 Å². The third-order valence-corrected chi connectivity index (χ3v) is 3.78. The number of halogens is 2. The number of rotatable bonds is 5. The molecule has 0 aromatic heterocycles. The van der Waals surface area contributed by atoms with Crippen molar-refractivity contribution in [3.63, 3.8) is 0 Å². The minimum atomic E-state index is -0.519. The molecule has 0 spiro atoms. The molecule has 0 radical (unpaired) electrons. The van der Waals surface area contributed by atoms with Gasteiger partial charge in [-0.15, -0.1) is 12.4 Å². The minimum Gasteiger partial charge on any atom is -0.505 e. The summed E-state index contributed by atoms with van der Waals surface area (Å²) < 4.78 is 13.5. The molecule has 2 rings (SSSR count). The van der Waals surface area contributed by atoms with E-state index in [1.54, 1.807) is 0 Å². The van der Waals surface area contributed by atoms with Crippen molar-refractivity contribution >= 4 is 12.4 Å². The van der Waals surface area contributed by atoms with Gasteiger partial charge in [-0.3, -0.25) is 4.90 Å². The van der Waals surface area contributed by atoms with E-state index in [0.717, 1.165) is 51.0 Å². The van der Waals surface area contributed by atoms with E-state index in [1.807, 2.05) is 6.07 Å². The number of aromatic hydroxyl groups is 1. The molecule has 0 unspecified atom stereocenters. The second kappa shape index (κ2) is 8.45. The molecular weight excluding hydrogens is 279 g/mol. The maximum atomic E-state index is 13.5. The van der Waals surface area contributed by atoms with Gasteiger partial charge in [-0.2, -0.15) is 0 Å². The van der Waals surface area contributed by atoms with Gasteiger partial charge >= 0.3 is 0 Å². The topological polar surface area (TPSA) is 35.5 Å². The number of piperazine rings is 1. The van der Waals surface area contributed by atoms with Crippen molar-refractivity contribution in [2.75, 3.05) is 26.2 Å². The summed E-state index contributed by atoms with van der Waals surface area (Å²) in [6, 6.07) is 5.06. The number of hydrogen-bond donors (Lipinski definition) is 2. The van der Waals surface area contributed by atoms with E-state index in [1.165, 1.54) is 12.1 Å². The zero-order chi connectivity index (χ0) is 13.7. The van der Waals surface area contributed by atoms with E-state index < -0.39 is 5.82 Å². The smallest absolute Gasteiger partial charge is 0.165 e. The molecule has 1 aromatic carbocycles. The van der Waals surface area contributed by atoms with Crippen LogP contribution >= 0.6 is 12.4 Å². The van der Waals surface area contributed by atoms with Crippen molar-refractivity contribution in [1.82, 2.24) is 10.2 Å². The van der Waals surface area contributed by atoms with Crippen LogP contribution in [0, 0.1) is 5.82 Å². The van der Waals surface area contributed by atoms with Gasteiger partial charge in [-0.05, 0) is 24.1 Å². The average molecular weight is 303 g/mol. The Morgan fingerprint density at radius 2 is 2.05 bits per heavy atom. The molecule has 0 amide bonds. The lowest BCUT2D eigenvalue weighted by Crippen LogP contribution is -2.45. The first-order valence-corrected chi connectivity index (χ1v) is 7.15. The molecule has 1 heterocycles. The van der Waals surface area contributed by atoms with Gasteiger partial charge in [0, 0.05) is 32.2 Å². The molecule has 0 saturated carbocycles. The molecule has 20 heavy (non-hydrogen) atoms. The monoisotopic (exact) mass is 302 g/mol. The van der Waals surface area contributed by atoms with Gasteiger partial charge in [0.2, 0.25) is 0 Å². The summed E-state index contributed by atoms with van der Waals surface area (Å²) >= 11 is 0. The van der Waals surface area contributed by atoms with Crippen LogP contribution in [0.3, 0.4) is 0 Å². The van der Waals surface area contributed by atoms with Gasteiger partial charge in [-0.1, -0.05) is 25.8 Å². The number of phenols is 1. The molecule has 1 fully saturated rings. The lowest BCUT2D eigenvalue weighted by Gasteiger charge is -2.35. The number of phenolic OH excluding ortho intramolecular Hbond substituents is 1. The second-order valence-electron chi connectivity index (χ2n) is 5.15. The second-order valence-corrected chi connectivity index (χ2v) is 5.15. The Morgan fingerprint density at radius 1 is 1.35 bits per heavy atom. The molecule has 0 bridgehead atoms. The summed E-state index contributed by atoms with van der Waals surface area (Å²) in [5.41, 5.74) is 0.977. The number of hydrogen-bond acceptors (Lipinski definition) is 3. The summed E-state index contributed by atoms with van der Waals surface area (Å²) in [6.45, 7) is 6.15. The quantitative estimate of drug-likeness (QED) is 0.877. The van der Waals surface area contributed by atoms with Crippen LogP contribution in [-0.2, 0) is 0 Å². The zero-order valence-electron chi connectivity index (χ0n) is 11.9. The van der Waals surface area contributed by atoms with E-state index in [9.17, 15) is 9.50 Å².